The summed E-state index contributed by atoms with van der Waals surface area (Å²) in [5.74, 6) is 2.23. The van der Waals surface area contributed by atoms with Crippen LogP contribution in [0, 0.1) is 3.57 Å². The summed E-state index contributed by atoms with van der Waals surface area (Å²) in [6.07, 6.45) is 4.13. The molecule has 3 rings (SSSR count). The maximum Gasteiger partial charge on any atom is 0.140 e. The van der Waals surface area contributed by atoms with Crippen LogP contribution < -0.4 is 5.73 Å². The number of anilines is 1. The SMILES string of the molecule is CC(C)c1nc(C2CC3CCC2O3)nc(N)c1I. The van der Waals surface area contributed by atoms with E-state index in [2.05, 4.69) is 41.4 Å². The molecule has 0 aromatic carbocycles. The van der Waals surface area contributed by atoms with E-state index in [9.17, 15) is 0 Å². The highest BCUT2D eigenvalue weighted by molar-refractivity contribution is 14.1. The molecule has 0 amide bonds. The summed E-state index contributed by atoms with van der Waals surface area (Å²) in [6.45, 7) is 4.29. The third-order valence-electron chi connectivity index (χ3n) is 3.90. The lowest BCUT2D eigenvalue weighted by atomic mass is 9.88. The normalized spacial score (nSPS) is 30.3. The first-order chi connectivity index (χ1) is 8.56. The number of rotatable bonds is 2. The lowest BCUT2D eigenvalue weighted by Crippen LogP contribution is -2.19. The van der Waals surface area contributed by atoms with Gasteiger partial charge in [-0.05, 0) is 47.8 Å². The zero-order valence-corrected chi connectivity index (χ0v) is 12.8. The Labute approximate surface area is 121 Å². The Kier molecular flexibility index (Phi) is 3.21. The summed E-state index contributed by atoms with van der Waals surface area (Å²) >= 11 is 2.24. The zero-order chi connectivity index (χ0) is 12.9. The number of nitrogens with two attached hydrogens (primary N) is 1. The van der Waals surface area contributed by atoms with Gasteiger partial charge in [0.25, 0.3) is 0 Å². The van der Waals surface area contributed by atoms with Gasteiger partial charge in [-0.15, -0.1) is 0 Å². The fourth-order valence-electron chi connectivity index (χ4n) is 2.96. The number of nitrogen functional groups attached to an aromatic ring is 1. The minimum atomic E-state index is 0.314. The van der Waals surface area contributed by atoms with Gasteiger partial charge in [-0.1, -0.05) is 13.8 Å². The highest BCUT2D eigenvalue weighted by Crippen LogP contribution is 2.44. The number of ether oxygens (including phenoxy) is 1. The van der Waals surface area contributed by atoms with Crippen LogP contribution >= 0.6 is 22.6 Å². The molecule has 0 radical (unpaired) electrons. The summed E-state index contributed by atoms with van der Waals surface area (Å²) in [6, 6.07) is 0. The molecule has 0 aliphatic carbocycles. The van der Waals surface area contributed by atoms with Crippen LogP contribution in [0.15, 0.2) is 0 Å². The van der Waals surface area contributed by atoms with Crippen molar-refractivity contribution in [1.82, 2.24) is 9.97 Å². The molecule has 2 bridgehead atoms. The number of halogens is 1. The predicted molar refractivity (Wildman–Crippen MR) is 78.5 cm³/mol. The van der Waals surface area contributed by atoms with Crippen molar-refractivity contribution in [2.75, 3.05) is 5.73 Å². The van der Waals surface area contributed by atoms with Crippen LogP contribution in [0.1, 0.15) is 56.5 Å². The van der Waals surface area contributed by atoms with Gasteiger partial charge >= 0.3 is 0 Å². The summed E-state index contributed by atoms with van der Waals surface area (Å²) in [7, 11) is 0. The minimum Gasteiger partial charge on any atom is -0.383 e. The standard InChI is InChI=1S/C13H18IN3O/c1-6(2)11-10(14)12(15)17-13(16-11)8-5-7-3-4-9(8)18-7/h6-9H,3-5H2,1-2H3,(H2,15,16,17). The van der Waals surface area contributed by atoms with E-state index < -0.39 is 0 Å². The minimum absolute atomic E-state index is 0.314. The molecule has 2 saturated heterocycles. The summed E-state index contributed by atoms with van der Waals surface area (Å²) in [5.41, 5.74) is 7.10. The van der Waals surface area contributed by atoms with Crippen molar-refractivity contribution in [1.29, 1.82) is 0 Å². The van der Waals surface area contributed by atoms with Gasteiger partial charge < -0.3 is 10.5 Å². The molecule has 4 nitrogen and oxygen atoms in total. The van der Waals surface area contributed by atoms with Crippen LogP contribution in [0.4, 0.5) is 5.82 Å². The Balaban J connectivity index is 1.98. The third kappa shape index (κ3) is 2.01. The van der Waals surface area contributed by atoms with E-state index in [1.807, 2.05) is 0 Å². The maximum atomic E-state index is 6.03. The Hall–Kier alpha value is -0.430. The second kappa shape index (κ2) is 4.59. The highest BCUT2D eigenvalue weighted by Gasteiger charge is 2.43. The molecule has 0 saturated carbocycles. The van der Waals surface area contributed by atoms with Crippen LogP contribution in [-0.4, -0.2) is 22.2 Å². The number of hydrogen-bond acceptors (Lipinski definition) is 4. The predicted octanol–water partition coefficient (Wildman–Crippen LogP) is 2.82. The number of fused-ring (bicyclic) bond motifs is 2. The summed E-state index contributed by atoms with van der Waals surface area (Å²) in [5, 5.41) is 0. The van der Waals surface area contributed by atoms with E-state index >= 15 is 0 Å². The maximum absolute atomic E-state index is 6.03. The lowest BCUT2D eigenvalue weighted by molar-refractivity contribution is 0.0998. The Morgan fingerprint density at radius 3 is 2.67 bits per heavy atom. The molecule has 1 aromatic heterocycles. The van der Waals surface area contributed by atoms with Gasteiger partial charge in [0.05, 0.1) is 21.5 Å². The summed E-state index contributed by atoms with van der Waals surface area (Å²) < 4.78 is 6.88. The average molecular weight is 359 g/mol. The van der Waals surface area contributed by atoms with E-state index in [1.54, 1.807) is 0 Å². The first-order valence-corrected chi connectivity index (χ1v) is 7.62. The number of aromatic nitrogens is 2. The molecule has 2 aliphatic rings. The van der Waals surface area contributed by atoms with Gasteiger partial charge in [0.15, 0.2) is 0 Å². The molecule has 2 N–H and O–H groups in total. The molecule has 98 valence electrons. The molecule has 0 spiro atoms. The van der Waals surface area contributed by atoms with Crippen LogP contribution in [0.25, 0.3) is 0 Å². The summed E-state index contributed by atoms with van der Waals surface area (Å²) in [4.78, 5) is 9.25. The molecule has 2 aliphatic heterocycles. The topological polar surface area (TPSA) is 61.0 Å². The molecule has 18 heavy (non-hydrogen) atoms. The van der Waals surface area contributed by atoms with Crippen LogP contribution in [0.3, 0.4) is 0 Å². The van der Waals surface area contributed by atoms with Gasteiger partial charge in [-0.3, -0.25) is 0 Å². The molecule has 3 unspecified atom stereocenters. The molecule has 2 fully saturated rings. The van der Waals surface area contributed by atoms with Crippen molar-refractivity contribution >= 4 is 28.4 Å². The third-order valence-corrected chi connectivity index (χ3v) is 5.01. The highest BCUT2D eigenvalue weighted by atomic mass is 127. The smallest absolute Gasteiger partial charge is 0.140 e. The van der Waals surface area contributed by atoms with E-state index in [1.165, 1.54) is 6.42 Å². The fraction of sp³-hybridized carbons (Fsp3) is 0.692. The van der Waals surface area contributed by atoms with E-state index in [4.69, 9.17) is 15.5 Å². The van der Waals surface area contributed by atoms with Crippen molar-refractivity contribution in [3.05, 3.63) is 15.1 Å². The van der Waals surface area contributed by atoms with Crippen LogP contribution in [0.5, 0.6) is 0 Å². The second-order valence-electron chi connectivity index (χ2n) is 5.54. The second-order valence-corrected chi connectivity index (χ2v) is 6.62. The monoisotopic (exact) mass is 359 g/mol. The van der Waals surface area contributed by atoms with Gasteiger partial charge in [0.1, 0.15) is 11.6 Å². The van der Waals surface area contributed by atoms with Crippen molar-refractivity contribution in [3.63, 3.8) is 0 Å². The van der Waals surface area contributed by atoms with E-state index in [-0.39, 0.29) is 0 Å². The van der Waals surface area contributed by atoms with Crippen LogP contribution in [0.2, 0.25) is 0 Å². The van der Waals surface area contributed by atoms with E-state index in [0.717, 1.165) is 27.9 Å². The quantitative estimate of drug-likeness (QED) is 0.825. The van der Waals surface area contributed by atoms with Gasteiger partial charge in [-0.2, -0.15) is 0 Å². The Morgan fingerprint density at radius 2 is 2.11 bits per heavy atom. The molecular formula is C13H18IN3O. The molecule has 3 atom stereocenters. The molecule has 5 heteroatoms. The Bertz CT molecular complexity index is 478. The largest absolute Gasteiger partial charge is 0.383 e. The van der Waals surface area contributed by atoms with Crippen molar-refractivity contribution in [2.45, 2.75) is 57.2 Å². The van der Waals surface area contributed by atoms with E-state index in [0.29, 0.717) is 29.9 Å². The number of nitrogens with zero attached hydrogens (tertiary/aromatic N) is 2. The Morgan fingerprint density at radius 1 is 1.33 bits per heavy atom. The van der Waals surface area contributed by atoms with Crippen molar-refractivity contribution in [2.24, 2.45) is 0 Å². The van der Waals surface area contributed by atoms with Crippen LogP contribution in [-0.2, 0) is 4.74 Å². The van der Waals surface area contributed by atoms with Gasteiger partial charge in [0.2, 0.25) is 0 Å². The first kappa shape index (κ1) is 12.6. The lowest BCUT2D eigenvalue weighted by Gasteiger charge is -2.19. The average Bonchev–Trinajstić information content (AvgIpc) is 2.94. The van der Waals surface area contributed by atoms with Crippen molar-refractivity contribution < 1.29 is 4.74 Å². The first-order valence-electron chi connectivity index (χ1n) is 6.54. The zero-order valence-electron chi connectivity index (χ0n) is 10.7. The molecule has 1 aromatic rings. The van der Waals surface area contributed by atoms with Crippen molar-refractivity contribution in [3.8, 4) is 0 Å². The number of hydrogen-bond donors (Lipinski definition) is 1. The fourth-order valence-corrected chi connectivity index (χ4v) is 3.82. The van der Waals surface area contributed by atoms with Gasteiger partial charge in [-0.25, -0.2) is 9.97 Å². The van der Waals surface area contributed by atoms with Gasteiger partial charge in [0, 0.05) is 5.92 Å². The molecule has 3 heterocycles. The molecular weight excluding hydrogens is 341 g/mol.